The van der Waals surface area contributed by atoms with Gasteiger partial charge in [0.15, 0.2) is 0 Å². The van der Waals surface area contributed by atoms with Crippen LogP contribution in [-0.2, 0) is 12.3 Å². The van der Waals surface area contributed by atoms with Gasteiger partial charge < -0.3 is 12.3 Å². The topological polar surface area (TPSA) is 27.7 Å². The van der Waals surface area contributed by atoms with E-state index in [9.17, 15) is 39.5 Å². The lowest BCUT2D eigenvalue weighted by Crippen LogP contribution is -2.71. The van der Waals surface area contributed by atoms with Crippen LogP contribution in [0.4, 0.5) is 39.5 Å². The van der Waals surface area contributed by atoms with Gasteiger partial charge in [-0.15, -0.1) is 0 Å². The van der Waals surface area contributed by atoms with Gasteiger partial charge in [-0.1, -0.05) is 0 Å². The van der Waals surface area contributed by atoms with Gasteiger partial charge in [-0.3, -0.25) is 0 Å². The van der Waals surface area contributed by atoms with Gasteiger partial charge in [-0.2, -0.15) is 39.5 Å². The lowest BCUT2D eigenvalue weighted by molar-refractivity contribution is -0.296. The molecule has 0 bridgehead atoms. The van der Waals surface area contributed by atoms with Crippen LogP contribution in [0.1, 0.15) is 12.8 Å². The molecule has 0 amide bonds. The highest BCUT2D eigenvalue weighted by molar-refractivity contribution is 6.78. The second-order valence-electron chi connectivity index (χ2n) is 4.64. The fraction of sp³-hybridized carbons (Fsp3) is 1.00. The summed E-state index contributed by atoms with van der Waals surface area (Å²) in [5.74, 6) is -11.6. The molecule has 0 saturated carbocycles. The average Bonchev–Trinajstić information content (AvgIpc) is 2.36. The molecule has 0 aromatic rings. The lowest BCUT2D eigenvalue weighted by Gasteiger charge is -2.42. The number of hydrogen-bond acceptors (Lipinski definition) is 3. The first-order chi connectivity index (χ1) is 9.66. The molecule has 3 nitrogen and oxygen atoms in total. The molecule has 0 atom stereocenters. The van der Waals surface area contributed by atoms with Crippen molar-refractivity contribution >= 4 is 28.6 Å². The summed E-state index contributed by atoms with van der Waals surface area (Å²) < 4.78 is 131. The number of alkyl halides is 9. The molecule has 0 aromatic heterocycles. The van der Waals surface area contributed by atoms with Gasteiger partial charge in [0, 0.05) is 12.8 Å². The number of rotatable bonds is 5. The maximum atomic E-state index is 13.9. The van der Waals surface area contributed by atoms with Gasteiger partial charge in [-0.25, -0.2) is 0 Å². The molecule has 1 saturated heterocycles. The summed E-state index contributed by atoms with van der Waals surface area (Å²) in [6.07, 6.45) is -9.96. The van der Waals surface area contributed by atoms with Gasteiger partial charge in [0.1, 0.15) is 0 Å². The van der Waals surface area contributed by atoms with Crippen molar-refractivity contribution in [2.45, 2.75) is 43.0 Å². The Labute approximate surface area is 124 Å². The summed E-state index contributed by atoms with van der Waals surface area (Å²) in [6, 6.07) is 0. The SMILES string of the molecule is C[Si]1(C(F)(F)C(F)(F)C(F)(F)CCC(F)(F)F)O[SiH2]O[SiH2]O1. The van der Waals surface area contributed by atoms with Gasteiger partial charge in [0.05, 0.1) is 0 Å². The second kappa shape index (κ2) is 6.08. The standard InChI is InChI=1S/C7H11F9O3Si3/c1-22(18-20-17-21-19-22)7(15,16)6(13,14)4(8,9)2-3-5(10,11)12/h2-3,20-21H2,1H3. The van der Waals surface area contributed by atoms with E-state index >= 15 is 0 Å². The van der Waals surface area contributed by atoms with Gasteiger partial charge in [-0.05, 0) is 6.55 Å². The molecule has 0 radical (unpaired) electrons. The van der Waals surface area contributed by atoms with Crippen molar-refractivity contribution in [1.29, 1.82) is 0 Å². The van der Waals surface area contributed by atoms with E-state index in [1.165, 1.54) is 0 Å². The Morgan fingerprint density at radius 3 is 1.68 bits per heavy atom. The van der Waals surface area contributed by atoms with Gasteiger partial charge in [0.25, 0.3) is 20.0 Å². The van der Waals surface area contributed by atoms with Crippen LogP contribution in [0.5, 0.6) is 0 Å². The maximum absolute atomic E-state index is 13.9. The molecule has 0 N–H and O–H groups in total. The molecule has 0 aliphatic carbocycles. The smallest absolute Gasteiger partial charge is 0.401 e. The lowest BCUT2D eigenvalue weighted by atomic mass is 10.1. The first-order valence-electron chi connectivity index (χ1n) is 5.72. The van der Waals surface area contributed by atoms with Crippen molar-refractivity contribution in [1.82, 2.24) is 0 Å². The zero-order valence-electron chi connectivity index (χ0n) is 11.0. The van der Waals surface area contributed by atoms with E-state index in [1.54, 1.807) is 0 Å². The molecule has 1 aliphatic rings. The normalized spacial score (nSPS) is 27.5. The number of hydrogen-bond donors (Lipinski definition) is 0. The van der Waals surface area contributed by atoms with E-state index in [1.807, 2.05) is 0 Å². The molecule has 132 valence electrons. The molecule has 0 spiro atoms. The summed E-state index contributed by atoms with van der Waals surface area (Å²) in [7, 11) is -9.13. The third kappa shape index (κ3) is 3.69. The van der Waals surface area contributed by atoms with Crippen LogP contribution in [0.3, 0.4) is 0 Å². The summed E-state index contributed by atoms with van der Waals surface area (Å²) in [5.41, 5.74) is -5.40. The minimum absolute atomic E-state index is 0.475. The highest BCUT2D eigenvalue weighted by Gasteiger charge is 2.80. The Balaban J connectivity index is 3.03. The van der Waals surface area contributed by atoms with Crippen molar-refractivity contribution in [3.05, 3.63) is 0 Å². The Kier molecular flexibility index (Phi) is 5.51. The molecule has 1 aliphatic heterocycles. The van der Waals surface area contributed by atoms with Crippen LogP contribution >= 0.6 is 0 Å². The quantitative estimate of drug-likeness (QED) is 0.523. The van der Waals surface area contributed by atoms with E-state index in [4.69, 9.17) is 0 Å². The van der Waals surface area contributed by atoms with E-state index in [-0.39, 0.29) is 0 Å². The zero-order valence-corrected chi connectivity index (χ0v) is 14.8. The minimum Gasteiger partial charge on any atom is -0.425 e. The van der Waals surface area contributed by atoms with Gasteiger partial charge >= 0.3 is 32.1 Å². The zero-order chi connectivity index (χ0) is 17.4. The second-order valence-corrected chi connectivity index (χ2v) is 11.6. The van der Waals surface area contributed by atoms with E-state index in [0.29, 0.717) is 6.55 Å². The van der Waals surface area contributed by atoms with Crippen LogP contribution in [0.25, 0.3) is 0 Å². The van der Waals surface area contributed by atoms with E-state index in [2.05, 4.69) is 12.3 Å². The first-order valence-corrected chi connectivity index (χ1v) is 10.3. The van der Waals surface area contributed by atoms with Crippen LogP contribution < -0.4 is 0 Å². The van der Waals surface area contributed by atoms with Crippen LogP contribution in [0.15, 0.2) is 0 Å². The summed E-state index contributed by atoms with van der Waals surface area (Å²) >= 11 is 0. The largest absolute Gasteiger partial charge is 0.425 e. The molecule has 22 heavy (non-hydrogen) atoms. The first kappa shape index (κ1) is 19.9. The summed E-state index contributed by atoms with van der Waals surface area (Å²) in [5, 5.41) is 0. The molecule has 0 aromatic carbocycles. The summed E-state index contributed by atoms with van der Waals surface area (Å²) in [4.78, 5) is 0. The van der Waals surface area contributed by atoms with Crippen molar-refractivity contribution < 1.29 is 51.9 Å². The molecule has 0 unspecified atom stereocenters. The highest BCUT2D eigenvalue weighted by Crippen LogP contribution is 2.52. The number of halogens is 9. The van der Waals surface area contributed by atoms with Crippen molar-refractivity contribution in [2.24, 2.45) is 0 Å². The highest BCUT2D eigenvalue weighted by atomic mass is 28.5. The molecule has 15 heteroatoms. The Hall–Kier alpha value is -0.0994. The fourth-order valence-electron chi connectivity index (χ4n) is 1.54. The molecule has 1 fully saturated rings. The Bertz CT molecular complexity index is 396. The average molecular weight is 398 g/mol. The van der Waals surface area contributed by atoms with Crippen molar-refractivity contribution in [2.75, 3.05) is 0 Å². The van der Waals surface area contributed by atoms with Crippen LogP contribution in [0, 0.1) is 0 Å². The monoisotopic (exact) mass is 398 g/mol. The third-order valence-electron chi connectivity index (χ3n) is 2.98. The Morgan fingerprint density at radius 1 is 0.818 bits per heavy atom. The maximum Gasteiger partial charge on any atom is 0.401 e. The van der Waals surface area contributed by atoms with Gasteiger partial charge in [0.2, 0.25) is 0 Å². The Morgan fingerprint density at radius 2 is 1.27 bits per heavy atom. The van der Waals surface area contributed by atoms with E-state index in [0.717, 1.165) is 0 Å². The molecule has 1 heterocycles. The predicted octanol–water partition coefficient (Wildman–Crippen LogP) is 1.91. The fourth-order valence-corrected chi connectivity index (χ4v) is 9.06. The van der Waals surface area contributed by atoms with Crippen LogP contribution in [0.2, 0.25) is 6.55 Å². The van der Waals surface area contributed by atoms with E-state index < -0.39 is 65.0 Å². The van der Waals surface area contributed by atoms with Crippen LogP contribution in [-0.4, -0.2) is 52.1 Å². The third-order valence-corrected chi connectivity index (χ3v) is 11.1. The van der Waals surface area contributed by atoms with Crippen molar-refractivity contribution in [3.63, 3.8) is 0 Å². The predicted molar refractivity (Wildman–Crippen MR) is 62.1 cm³/mol. The molecular formula is C7H11F9O3Si3. The summed E-state index contributed by atoms with van der Waals surface area (Å²) in [6.45, 7) is 0.475. The molecular weight excluding hydrogens is 387 g/mol. The minimum atomic E-state index is -6.04. The van der Waals surface area contributed by atoms with Crippen molar-refractivity contribution in [3.8, 4) is 0 Å². The molecule has 1 rings (SSSR count).